The Kier molecular flexibility index (Phi) is 3.52. The Hall–Kier alpha value is -2.43. The number of hydrogen-bond acceptors (Lipinski definition) is 3. The lowest BCUT2D eigenvalue weighted by Crippen LogP contribution is -2.49. The molecule has 2 N–H and O–H groups in total. The molecule has 0 radical (unpaired) electrons. The molecular formula is C19H20N2O3. The maximum Gasteiger partial charge on any atom is 0.241 e. The van der Waals surface area contributed by atoms with Gasteiger partial charge in [0.1, 0.15) is 6.04 Å². The minimum absolute atomic E-state index is 0.117. The van der Waals surface area contributed by atoms with Crippen LogP contribution < -0.4 is 5.73 Å². The van der Waals surface area contributed by atoms with Crippen LogP contribution >= 0.6 is 0 Å². The fraction of sp³-hybridized carbons (Fsp3) is 0.421. The standard InChI is InChI=1S/C19H20N2O3/c20-17(22)14(10-11-4-2-1-3-5-11)21-18(23)15-12-6-7-13(9-8-12)16(15)19(21)24/h1-7,12-16H,8-10H2,(H2,20,22)/t12-,13-,14-,15+,16+/m0/s1. The summed E-state index contributed by atoms with van der Waals surface area (Å²) in [7, 11) is 0. The van der Waals surface area contributed by atoms with Crippen molar-refractivity contribution in [1.82, 2.24) is 4.90 Å². The number of rotatable bonds is 4. The van der Waals surface area contributed by atoms with Crippen LogP contribution in [0.2, 0.25) is 0 Å². The summed E-state index contributed by atoms with van der Waals surface area (Å²) in [6, 6.07) is 8.46. The Morgan fingerprint density at radius 3 is 2.04 bits per heavy atom. The van der Waals surface area contributed by atoms with Crippen LogP contribution in [0.3, 0.4) is 0 Å². The number of hydrogen-bond donors (Lipinski definition) is 1. The Labute approximate surface area is 140 Å². The summed E-state index contributed by atoms with van der Waals surface area (Å²) >= 11 is 0. The van der Waals surface area contributed by atoms with E-state index in [4.69, 9.17) is 5.73 Å². The monoisotopic (exact) mass is 324 g/mol. The molecular weight excluding hydrogens is 304 g/mol. The second-order valence-electron chi connectivity index (χ2n) is 7.00. The summed E-state index contributed by atoms with van der Waals surface area (Å²) in [6.45, 7) is 0. The topological polar surface area (TPSA) is 80.5 Å². The molecule has 3 aliphatic carbocycles. The molecule has 2 fully saturated rings. The number of nitrogens with two attached hydrogens (primary N) is 1. The number of likely N-dealkylation sites (tertiary alicyclic amines) is 1. The average molecular weight is 324 g/mol. The summed E-state index contributed by atoms with van der Waals surface area (Å²) in [4.78, 5) is 39.1. The van der Waals surface area contributed by atoms with Gasteiger partial charge in [-0.05, 0) is 30.2 Å². The Balaban J connectivity index is 1.66. The first-order valence-electron chi connectivity index (χ1n) is 8.46. The first-order valence-corrected chi connectivity index (χ1v) is 8.46. The Morgan fingerprint density at radius 2 is 1.58 bits per heavy atom. The fourth-order valence-corrected chi connectivity index (χ4v) is 4.56. The Morgan fingerprint density at radius 1 is 1.04 bits per heavy atom. The number of imide groups is 1. The third-order valence-electron chi connectivity index (χ3n) is 5.71. The van der Waals surface area contributed by atoms with Crippen molar-refractivity contribution in [2.75, 3.05) is 0 Å². The fourth-order valence-electron chi connectivity index (χ4n) is 4.56. The molecule has 1 aromatic carbocycles. The minimum atomic E-state index is -0.905. The van der Waals surface area contributed by atoms with E-state index in [9.17, 15) is 14.4 Å². The van der Waals surface area contributed by atoms with Crippen LogP contribution in [0, 0.1) is 23.7 Å². The molecule has 124 valence electrons. The molecule has 5 nitrogen and oxygen atoms in total. The van der Waals surface area contributed by atoms with E-state index in [0.29, 0.717) is 0 Å². The summed E-state index contributed by atoms with van der Waals surface area (Å²) in [5.41, 5.74) is 6.45. The molecule has 0 spiro atoms. The van der Waals surface area contributed by atoms with E-state index in [1.54, 1.807) is 0 Å². The van der Waals surface area contributed by atoms with E-state index in [-0.39, 0.29) is 41.9 Å². The lowest BCUT2D eigenvalue weighted by molar-refractivity contribution is -0.147. The molecule has 1 aliphatic heterocycles. The van der Waals surface area contributed by atoms with E-state index in [1.165, 1.54) is 4.90 Å². The second-order valence-corrected chi connectivity index (χ2v) is 7.00. The molecule has 5 rings (SSSR count). The van der Waals surface area contributed by atoms with Gasteiger partial charge in [0.25, 0.3) is 0 Å². The highest BCUT2D eigenvalue weighted by Gasteiger charge is 2.58. The van der Waals surface area contributed by atoms with Crippen molar-refractivity contribution in [2.24, 2.45) is 29.4 Å². The normalized spacial score (nSPS) is 32.1. The van der Waals surface area contributed by atoms with Crippen LogP contribution in [0.25, 0.3) is 0 Å². The molecule has 0 unspecified atom stereocenters. The highest BCUT2D eigenvalue weighted by molar-refractivity contribution is 6.09. The number of carbonyl (C=O) groups is 3. The van der Waals surface area contributed by atoms with E-state index in [0.717, 1.165) is 18.4 Å². The highest BCUT2D eigenvalue weighted by atomic mass is 16.2. The first kappa shape index (κ1) is 15.1. The zero-order valence-corrected chi connectivity index (χ0v) is 13.3. The smallest absolute Gasteiger partial charge is 0.241 e. The van der Waals surface area contributed by atoms with Crippen LogP contribution in [-0.4, -0.2) is 28.7 Å². The van der Waals surface area contributed by atoms with Gasteiger partial charge >= 0.3 is 0 Å². The van der Waals surface area contributed by atoms with Crippen molar-refractivity contribution in [3.8, 4) is 0 Å². The van der Waals surface area contributed by atoms with Gasteiger partial charge < -0.3 is 5.73 Å². The summed E-state index contributed by atoms with van der Waals surface area (Å²) in [5, 5.41) is 0. The van der Waals surface area contributed by atoms with Gasteiger partial charge in [0.15, 0.2) is 0 Å². The lowest BCUT2D eigenvalue weighted by Gasteiger charge is -2.38. The van der Waals surface area contributed by atoms with E-state index in [2.05, 4.69) is 12.2 Å². The highest BCUT2D eigenvalue weighted by Crippen LogP contribution is 2.50. The quantitative estimate of drug-likeness (QED) is 0.669. The van der Waals surface area contributed by atoms with Gasteiger partial charge in [-0.3, -0.25) is 19.3 Å². The summed E-state index contributed by atoms with van der Waals surface area (Å²) < 4.78 is 0. The predicted octanol–water partition coefficient (Wildman–Crippen LogP) is 1.28. The average Bonchev–Trinajstić information content (AvgIpc) is 2.88. The number of benzene rings is 1. The van der Waals surface area contributed by atoms with Crippen molar-refractivity contribution in [3.63, 3.8) is 0 Å². The molecule has 0 aromatic heterocycles. The Bertz CT molecular complexity index is 695. The maximum absolute atomic E-state index is 12.9. The molecule has 1 heterocycles. The number of nitrogens with zero attached hydrogens (tertiary/aromatic N) is 1. The van der Waals surface area contributed by atoms with Gasteiger partial charge in [-0.25, -0.2) is 0 Å². The van der Waals surface area contributed by atoms with Gasteiger partial charge in [-0.1, -0.05) is 42.5 Å². The molecule has 5 heteroatoms. The molecule has 5 atom stereocenters. The van der Waals surface area contributed by atoms with E-state index in [1.807, 2.05) is 30.3 Å². The minimum Gasteiger partial charge on any atom is -0.368 e. The van der Waals surface area contributed by atoms with E-state index >= 15 is 0 Å². The van der Waals surface area contributed by atoms with Crippen LogP contribution in [0.1, 0.15) is 18.4 Å². The lowest BCUT2D eigenvalue weighted by atomic mass is 9.63. The van der Waals surface area contributed by atoms with Crippen LogP contribution in [0.15, 0.2) is 42.5 Å². The first-order chi connectivity index (χ1) is 11.6. The zero-order valence-electron chi connectivity index (χ0n) is 13.3. The number of amides is 3. The van der Waals surface area contributed by atoms with Gasteiger partial charge in [0.2, 0.25) is 17.7 Å². The molecule has 1 saturated carbocycles. The molecule has 1 saturated heterocycles. The number of carbonyl (C=O) groups excluding carboxylic acids is 3. The summed E-state index contributed by atoms with van der Waals surface area (Å²) in [5.74, 6) is -1.44. The van der Waals surface area contributed by atoms with Crippen molar-refractivity contribution >= 4 is 17.7 Å². The van der Waals surface area contributed by atoms with Crippen molar-refractivity contribution in [2.45, 2.75) is 25.3 Å². The molecule has 1 aromatic rings. The van der Waals surface area contributed by atoms with Crippen LogP contribution in [0.5, 0.6) is 0 Å². The SMILES string of the molecule is NC(=O)[C@H](Cc1ccccc1)N1C(=O)[C@H]2[C@H](C1=O)[C@H]1C=C[C@H]2CC1. The second kappa shape index (κ2) is 5.58. The number of primary amides is 1. The van der Waals surface area contributed by atoms with Gasteiger partial charge in [0.05, 0.1) is 11.8 Å². The van der Waals surface area contributed by atoms with Crippen molar-refractivity contribution in [3.05, 3.63) is 48.0 Å². The third kappa shape index (κ3) is 2.19. The van der Waals surface area contributed by atoms with Crippen molar-refractivity contribution in [1.29, 1.82) is 0 Å². The largest absolute Gasteiger partial charge is 0.368 e. The third-order valence-corrected chi connectivity index (χ3v) is 5.71. The molecule has 24 heavy (non-hydrogen) atoms. The maximum atomic E-state index is 12.9. The van der Waals surface area contributed by atoms with E-state index < -0.39 is 11.9 Å². The van der Waals surface area contributed by atoms with Gasteiger partial charge in [0, 0.05) is 6.42 Å². The molecule has 3 amide bonds. The summed E-state index contributed by atoms with van der Waals surface area (Å²) in [6.07, 6.45) is 6.29. The zero-order chi connectivity index (χ0) is 16.8. The molecule has 4 aliphatic rings. The molecule has 2 bridgehead atoms. The van der Waals surface area contributed by atoms with Gasteiger partial charge in [-0.15, -0.1) is 0 Å². The number of fused-ring (bicyclic) bond motifs is 1. The van der Waals surface area contributed by atoms with Crippen molar-refractivity contribution < 1.29 is 14.4 Å². The van der Waals surface area contributed by atoms with Crippen LogP contribution in [0.4, 0.5) is 0 Å². The predicted molar refractivity (Wildman–Crippen MR) is 87.3 cm³/mol. The number of allylic oxidation sites excluding steroid dienone is 2. The van der Waals surface area contributed by atoms with Gasteiger partial charge in [-0.2, -0.15) is 0 Å². The van der Waals surface area contributed by atoms with Crippen LogP contribution in [-0.2, 0) is 20.8 Å².